The highest BCUT2D eigenvalue weighted by Gasteiger charge is 2.36. The molecule has 1 amide bonds. The second kappa shape index (κ2) is 10.8. The van der Waals surface area contributed by atoms with Crippen molar-refractivity contribution in [2.75, 3.05) is 27.2 Å². The molecule has 2 saturated carbocycles. The van der Waals surface area contributed by atoms with Crippen molar-refractivity contribution in [3.8, 4) is 0 Å². The van der Waals surface area contributed by atoms with Gasteiger partial charge in [0.05, 0.1) is 11.8 Å². The van der Waals surface area contributed by atoms with Crippen molar-refractivity contribution in [2.45, 2.75) is 57.7 Å². The summed E-state index contributed by atoms with van der Waals surface area (Å²) in [7, 11) is 3.08. The molecular weight excluding hydrogens is 362 g/mol. The Hall–Kier alpha value is -1.67. The Labute approximate surface area is 167 Å². The number of carbonyl (C=O) groups excluding carboxylic acids is 3. The Morgan fingerprint density at radius 2 is 1.14 bits per heavy atom. The number of rotatable bonds is 7. The minimum absolute atomic E-state index is 0.279. The first kappa shape index (κ1) is 22.6. The number of ether oxygens (including phenoxy) is 2. The molecule has 0 radical (unpaired) electrons. The molecule has 8 nitrogen and oxygen atoms in total. The maximum atomic E-state index is 12.5. The molecule has 0 aromatic carbocycles. The molecular formula is C20H35N3O5. The molecule has 0 atom stereocenters. The van der Waals surface area contributed by atoms with Crippen LogP contribution < -0.4 is 11.5 Å². The van der Waals surface area contributed by atoms with E-state index in [0.717, 1.165) is 25.7 Å². The lowest BCUT2D eigenvalue weighted by Crippen LogP contribution is -2.43. The Morgan fingerprint density at radius 1 is 0.786 bits per heavy atom. The van der Waals surface area contributed by atoms with Crippen LogP contribution in [0.1, 0.15) is 51.4 Å². The maximum absolute atomic E-state index is 12.5. The zero-order chi connectivity index (χ0) is 20.7. The van der Waals surface area contributed by atoms with Crippen LogP contribution in [-0.2, 0) is 23.9 Å². The zero-order valence-electron chi connectivity index (χ0n) is 17.1. The van der Waals surface area contributed by atoms with Gasteiger partial charge in [-0.05, 0) is 76.3 Å². The molecule has 0 aromatic rings. The fourth-order valence-electron chi connectivity index (χ4n) is 4.01. The second-order valence-electron chi connectivity index (χ2n) is 8.35. The van der Waals surface area contributed by atoms with Crippen LogP contribution in [0, 0.1) is 23.7 Å². The summed E-state index contributed by atoms with van der Waals surface area (Å²) < 4.78 is 10.7. The number of hydrogen-bond acceptors (Lipinski definition) is 7. The number of carbonyl (C=O) groups is 3. The third kappa shape index (κ3) is 6.17. The number of nitrogens with two attached hydrogens (primary N) is 2. The van der Waals surface area contributed by atoms with Crippen molar-refractivity contribution in [1.82, 2.24) is 4.90 Å². The Bertz CT molecular complexity index is 500. The van der Waals surface area contributed by atoms with E-state index >= 15 is 0 Å². The lowest BCUT2D eigenvalue weighted by molar-refractivity contribution is -0.201. The van der Waals surface area contributed by atoms with E-state index in [2.05, 4.69) is 0 Å². The summed E-state index contributed by atoms with van der Waals surface area (Å²) in [6, 6.07) is 0. The average Bonchev–Trinajstić information content (AvgIpc) is 2.72. The van der Waals surface area contributed by atoms with Crippen molar-refractivity contribution in [3.05, 3.63) is 0 Å². The van der Waals surface area contributed by atoms with Crippen LogP contribution in [0.25, 0.3) is 0 Å². The number of nitrogens with zero attached hydrogens (tertiary/aromatic N) is 1. The van der Waals surface area contributed by atoms with Gasteiger partial charge in [0, 0.05) is 14.1 Å². The van der Waals surface area contributed by atoms with Crippen molar-refractivity contribution < 1.29 is 23.9 Å². The summed E-state index contributed by atoms with van der Waals surface area (Å²) in [5, 5.41) is 0. The first-order valence-corrected chi connectivity index (χ1v) is 10.4. The van der Waals surface area contributed by atoms with Crippen molar-refractivity contribution in [1.29, 1.82) is 0 Å². The normalized spacial score (nSPS) is 28.9. The van der Waals surface area contributed by atoms with E-state index in [9.17, 15) is 14.4 Å². The highest BCUT2D eigenvalue weighted by Crippen LogP contribution is 2.31. The van der Waals surface area contributed by atoms with E-state index in [1.807, 2.05) is 0 Å². The molecule has 8 heteroatoms. The standard InChI is InChI=1S/C20H35N3O5/c1-23(2)17(24)20(27-18(25)15-7-3-13(11-21)4-8-15)28-19(26)16-9-5-14(12-22)6-10-16/h13-16,20H,3-12,21-22H2,1-2H3. The Kier molecular flexibility index (Phi) is 8.69. The first-order chi connectivity index (χ1) is 13.3. The largest absolute Gasteiger partial charge is 0.415 e. The van der Waals surface area contributed by atoms with Crippen LogP contribution in [0.2, 0.25) is 0 Å². The number of esters is 2. The first-order valence-electron chi connectivity index (χ1n) is 10.4. The van der Waals surface area contributed by atoms with Gasteiger partial charge in [-0.3, -0.25) is 14.4 Å². The van der Waals surface area contributed by atoms with Gasteiger partial charge in [0.25, 0.3) is 0 Å². The van der Waals surface area contributed by atoms with E-state index in [-0.39, 0.29) is 11.8 Å². The van der Waals surface area contributed by atoms with E-state index in [4.69, 9.17) is 20.9 Å². The monoisotopic (exact) mass is 397 g/mol. The van der Waals surface area contributed by atoms with Crippen LogP contribution in [0.3, 0.4) is 0 Å². The molecule has 2 rings (SSSR count). The minimum Gasteiger partial charge on any atom is -0.415 e. The number of amides is 1. The topological polar surface area (TPSA) is 125 Å². The molecule has 28 heavy (non-hydrogen) atoms. The van der Waals surface area contributed by atoms with Gasteiger partial charge in [-0.15, -0.1) is 0 Å². The summed E-state index contributed by atoms with van der Waals surface area (Å²) in [4.78, 5) is 38.8. The highest BCUT2D eigenvalue weighted by atomic mass is 16.7. The summed E-state index contributed by atoms with van der Waals surface area (Å²) in [5.41, 5.74) is 11.4. The molecule has 4 N–H and O–H groups in total. The number of hydrogen-bond donors (Lipinski definition) is 2. The highest BCUT2D eigenvalue weighted by molar-refractivity contribution is 5.85. The second-order valence-corrected chi connectivity index (χ2v) is 8.35. The van der Waals surface area contributed by atoms with E-state index in [1.165, 1.54) is 19.0 Å². The average molecular weight is 398 g/mol. The van der Waals surface area contributed by atoms with Crippen molar-refractivity contribution in [2.24, 2.45) is 35.1 Å². The third-order valence-electron chi connectivity index (χ3n) is 6.12. The number of likely N-dealkylation sites (N-methyl/N-ethyl adjacent to an activating group) is 1. The summed E-state index contributed by atoms with van der Waals surface area (Å²) in [6.07, 6.45) is 4.68. The molecule has 0 heterocycles. The zero-order valence-corrected chi connectivity index (χ0v) is 17.1. The summed E-state index contributed by atoms with van der Waals surface area (Å²) in [6.45, 7) is 1.24. The lowest BCUT2D eigenvalue weighted by atomic mass is 9.82. The van der Waals surface area contributed by atoms with Gasteiger partial charge in [-0.25, -0.2) is 0 Å². The maximum Gasteiger partial charge on any atom is 0.326 e. The molecule has 0 unspecified atom stereocenters. The lowest BCUT2D eigenvalue weighted by Gasteiger charge is -2.30. The van der Waals surface area contributed by atoms with Crippen LogP contribution in [0.4, 0.5) is 0 Å². The predicted octanol–water partition coefficient (Wildman–Crippen LogP) is 1.02. The van der Waals surface area contributed by atoms with Crippen LogP contribution in [-0.4, -0.2) is 56.2 Å². The molecule has 2 fully saturated rings. The Balaban J connectivity index is 1.93. The molecule has 0 spiro atoms. The minimum atomic E-state index is -1.52. The van der Waals surface area contributed by atoms with Crippen LogP contribution in [0.5, 0.6) is 0 Å². The van der Waals surface area contributed by atoms with E-state index in [0.29, 0.717) is 50.6 Å². The van der Waals surface area contributed by atoms with Crippen LogP contribution >= 0.6 is 0 Å². The van der Waals surface area contributed by atoms with E-state index in [1.54, 1.807) is 0 Å². The van der Waals surface area contributed by atoms with Gasteiger partial charge in [-0.2, -0.15) is 0 Å². The molecule has 0 aliphatic heterocycles. The Morgan fingerprint density at radius 3 is 1.43 bits per heavy atom. The predicted molar refractivity (Wildman–Crippen MR) is 104 cm³/mol. The summed E-state index contributed by atoms with van der Waals surface area (Å²) in [5.74, 6) is -1.19. The van der Waals surface area contributed by atoms with Gasteiger partial charge in [-0.1, -0.05) is 0 Å². The van der Waals surface area contributed by atoms with Gasteiger partial charge in [0.1, 0.15) is 0 Å². The molecule has 2 aliphatic carbocycles. The SMILES string of the molecule is CN(C)C(=O)C(OC(=O)C1CCC(CN)CC1)OC(=O)C1CCC(CN)CC1. The van der Waals surface area contributed by atoms with Gasteiger partial charge >= 0.3 is 24.1 Å². The fraction of sp³-hybridized carbons (Fsp3) is 0.850. The van der Waals surface area contributed by atoms with E-state index < -0.39 is 24.1 Å². The van der Waals surface area contributed by atoms with Gasteiger partial charge < -0.3 is 25.8 Å². The quantitative estimate of drug-likeness (QED) is 0.485. The molecule has 2 aliphatic rings. The van der Waals surface area contributed by atoms with Crippen molar-refractivity contribution >= 4 is 17.8 Å². The smallest absolute Gasteiger partial charge is 0.326 e. The fourth-order valence-corrected chi connectivity index (χ4v) is 4.01. The van der Waals surface area contributed by atoms with Gasteiger partial charge in [0.2, 0.25) is 0 Å². The summed E-state index contributed by atoms with van der Waals surface area (Å²) >= 11 is 0. The molecule has 160 valence electrons. The third-order valence-corrected chi connectivity index (χ3v) is 6.12. The van der Waals surface area contributed by atoms with Gasteiger partial charge in [0.15, 0.2) is 0 Å². The molecule has 0 aromatic heterocycles. The molecule has 0 saturated heterocycles. The van der Waals surface area contributed by atoms with Crippen molar-refractivity contribution in [3.63, 3.8) is 0 Å². The molecule has 0 bridgehead atoms. The van der Waals surface area contributed by atoms with Crippen LogP contribution in [0.15, 0.2) is 0 Å².